The van der Waals surface area contributed by atoms with E-state index in [1.54, 1.807) is 6.07 Å². The van der Waals surface area contributed by atoms with Crippen molar-refractivity contribution in [2.24, 2.45) is 5.92 Å². The van der Waals surface area contributed by atoms with Gasteiger partial charge in [0.25, 0.3) is 10.2 Å². The maximum Gasteiger partial charge on any atom is 0.299 e. The van der Waals surface area contributed by atoms with Crippen molar-refractivity contribution in [1.29, 1.82) is 0 Å². The van der Waals surface area contributed by atoms with Crippen LogP contribution in [0.15, 0.2) is 18.2 Å². The molecular formula is C10H16ClN3O2S. The smallest absolute Gasteiger partial charge is 0.299 e. The van der Waals surface area contributed by atoms with Crippen LogP contribution in [0, 0.1) is 5.92 Å². The first-order chi connectivity index (χ1) is 7.80. The predicted octanol–water partition coefficient (Wildman–Crippen LogP) is 1.82. The summed E-state index contributed by atoms with van der Waals surface area (Å²) >= 11 is 5.74. The molecule has 5 nitrogen and oxygen atoms in total. The van der Waals surface area contributed by atoms with Crippen LogP contribution in [-0.2, 0) is 10.2 Å². The van der Waals surface area contributed by atoms with Crippen LogP contribution in [0.3, 0.4) is 0 Å². The highest BCUT2D eigenvalue weighted by atomic mass is 35.5. The standard InChI is InChI=1S/C10H16ClN3O2S/c1-7(2)6-13-17(15,16)14-8-3-4-9(11)10(12)5-8/h3-5,7,13-14H,6,12H2,1-2H3. The molecule has 0 radical (unpaired) electrons. The summed E-state index contributed by atoms with van der Waals surface area (Å²) in [4.78, 5) is 0. The zero-order chi connectivity index (χ0) is 13.1. The molecule has 0 saturated carbocycles. The van der Waals surface area contributed by atoms with E-state index < -0.39 is 10.2 Å². The van der Waals surface area contributed by atoms with Gasteiger partial charge in [-0.3, -0.25) is 4.72 Å². The van der Waals surface area contributed by atoms with Crippen LogP contribution >= 0.6 is 11.6 Å². The third-order valence-electron chi connectivity index (χ3n) is 1.93. The Morgan fingerprint density at radius 3 is 2.59 bits per heavy atom. The summed E-state index contributed by atoms with van der Waals surface area (Å²) in [5.74, 6) is 0.238. The summed E-state index contributed by atoms with van der Waals surface area (Å²) < 4.78 is 28.0. The quantitative estimate of drug-likeness (QED) is 0.718. The minimum atomic E-state index is -3.56. The second kappa shape index (κ2) is 5.57. The molecule has 96 valence electrons. The van der Waals surface area contributed by atoms with Gasteiger partial charge in [0.15, 0.2) is 0 Å². The molecule has 0 atom stereocenters. The van der Waals surface area contributed by atoms with Crippen LogP contribution in [0.25, 0.3) is 0 Å². The molecule has 0 unspecified atom stereocenters. The van der Waals surface area contributed by atoms with Crippen molar-refractivity contribution >= 4 is 33.2 Å². The molecule has 0 heterocycles. The first-order valence-corrected chi connectivity index (χ1v) is 6.98. The first kappa shape index (κ1) is 14.1. The zero-order valence-corrected chi connectivity index (χ0v) is 11.3. The average molecular weight is 278 g/mol. The molecule has 0 aliphatic carbocycles. The third-order valence-corrected chi connectivity index (χ3v) is 3.33. The van der Waals surface area contributed by atoms with E-state index in [0.29, 0.717) is 22.9 Å². The van der Waals surface area contributed by atoms with E-state index in [4.69, 9.17) is 17.3 Å². The number of nitrogen functional groups attached to an aromatic ring is 1. The Morgan fingerprint density at radius 1 is 1.41 bits per heavy atom. The third kappa shape index (κ3) is 4.80. The SMILES string of the molecule is CC(C)CNS(=O)(=O)Nc1ccc(Cl)c(N)c1. The van der Waals surface area contributed by atoms with Crippen molar-refractivity contribution in [3.8, 4) is 0 Å². The topological polar surface area (TPSA) is 84.2 Å². The minimum absolute atomic E-state index is 0.238. The van der Waals surface area contributed by atoms with Crippen LogP contribution < -0.4 is 15.2 Å². The van der Waals surface area contributed by atoms with Crippen LogP contribution in [0.5, 0.6) is 0 Å². The highest BCUT2D eigenvalue weighted by Crippen LogP contribution is 2.22. The van der Waals surface area contributed by atoms with Crippen LogP contribution in [0.2, 0.25) is 5.02 Å². The van der Waals surface area contributed by atoms with E-state index in [2.05, 4.69) is 9.44 Å². The Hall–Kier alpha value is -0.980. The van der Waals surface area contributed by atoms with Crippen LogP contribution in [0.1, 0.15) is 13.8 Å². The molecule has 0 bridgehead atoms. The van der Waals surface area contributed by atoms with Gasteiger partial charge in [0.2, 0.25) is 0 Å². The van der Waals surface area contributed by atoms with E-state index in [0.717, 1.165) is 0 Å². The van der Waals surface area contributed by atoms with Gasteiger partial charge in [0.05, 0.1) is 16.4 Å². The molecule has 1 aromatic carbocycles. The summed E-state index contributed by atoms with van der Waals surface area (Å²) in [6.07, 6.45) is 0. The van der Waals surface area contributed by atoms with E-state index in [1.807, 2.05) is 13.8 Å². The number of nitrogens with one attached hydrogen (secondary N) is 2. The maximum absolute atomic E-state index is 11.6. The lowest BCUT2D eigenvalue weighted by molar-refractivity contribution is 0.565. The van der Waals surface area contributed by atoms with E-state index in [-0.39, 0.29) is 5.92 Å². The lowest BCUT2D eigenvalue weighted by Crippen LogP contribution is -2.32. The zero-order valence-electron chi connectivity index (χ0n) is 9.70. The summed E-state index contributed by atoms with van der Waals surface area (Å²) in [5.41, 5.74) is 6.28. The Balaban J connectivity index is 2.73. The number of hydrogen-bond donors (Lipinski definition) is 3. The van der Waals surface area contributed by atoms with Gasteiger partial charge in [-0.05, 0) is 24.1 Å². The fourth-order valence-electron chi connectivity index (χ4n) is 1.07. The summed E-state index contributed by atoms with van der Waals surface area (Å²) in [7, 11) is -3.56. The second-order valence-corrected chi connectivity index (χ2v) is 5.99. The summed E-state index contributed by atoms with van der Waals surface area (Å²) in [6.45, 7) is 4.21. The van der Waals surface area contributed by atoms with Gasteiger partial charge in [-0.2, -0.15) is 13.1 Å². The molecule has 0 spiro atoms. The van der Waals surface area contributed by atoms with E-state index in [1.165, 1.54) is 12.1 Å². The van der Waals surface area contributed by atoms with Gasteiger partial charge in [0, 0.05) is 6.54 Å². The van der Waals surface area contributed by atoms with Crippen molar-refractivity contribution in [3.63, 3.8) is 0 Å². The number of nitrogens with two attached hydrogens (primary N) is 1. The molecule has 0 aliphatic heterocycles. The Kier molecular flexibility index (Phi) is 4.62. The molecular weight excluding hydrogens is 262 g/mol. The fourth-order valence-corrected chi connectivity index (χ4v) is 2.25. The van der Waals surface area contributed by atoms with Gasteiger partial charge in [0.1, 0.15) is 0 Å². The fraction of sp³-hybridized carbons (Fsp3) is 0.400. The van der Waals surface area contributed by atoms with E-state index >= 15 is 0 Å². The lowest BCUT2D eigenvalue weighted by Gasteiger charge is -2.11. The first-order valence-electron chi connectivity index (χ1n) is 5.12. The minimum Gasteiger partial charge on any atom is -0.397 e. The predicted molar refractivity (Wildman–Crippen MR) is 71.2 cm³/mol. The summed E-state index contributed by atoms with van der Waals surface area (Å²) in [6, 6.07) is 4.56. The monoisotopic (exact) mass is 277 g/mol. The molecule has 4 N–H and O–H groups in total. The Labute approximate surface area is 107 Å². The molecule has 1 aromatic rings. The van der Waals surface area contributed by atoms with Gasteiger partial charge < -0.3 is 5.73 Å². The number of anilines is 2. The Bertz CT molecular complexity index is 488. The number of benzene rings is 1. The van der Waals surface area contributed by atoms with Gasteiger partial charge in [-0.25, -0.2) is 0 Å². The highest BCUT2D eigenvalue weighted by Gasteiger charge is 2.10. The molecule has 0 aromatic heterocycles. The van der Waals surface area contributed by atoms with Gasteiger partial charge in [-0.1, -0.05) is 25.4 Å². The van der Waals surface area contributed by atoms with Crippen molar-refractivity contribution in [1.82, 2.24) is 4.72 Å². The lowest BCUT2D eigenvalue weighted by atomic mass is 10.2. The van der Waals surface area contributed by atoms with Crippen molar-refractivity contribution in [2.75, 3.05) is 17.0 Å². The highest BCUT2D eigenvalue weighted by molar-refractivity contribution is 7.90. The molecule has 0 fully saturated rings. The normalized spacial score (nSPS) is 11.8. The molecule has 0 amide bonds. The van der Waals surface area contributed by atoms with Gasteiger partial charge in [-0.15, -0.1) is 0 Å². The summed E-state index contributed by atoms with van der Waals surface area (Å²) in [5, 5.41) is 0.392. The average Bonchev–Trinajstić information content (AvgIpc) is 2.21. The van der Waals surface area contributed by atoms with Crippen molar-refractivity contribution in [3.05, 3.63) is 23.2 Å². The van der Waals surface area contributed by atoms with Crippen molar-refractivity contribution < 1.29 is 8.42 Å². The van der Waals surface area contributed by atoms with E-state index in [9.17, 15) is 8.42 Å². The molecule has 17 heavy (non-hydrogen) atoms. The van der Waals surface area contributed by atoms with Crippen LogP contribution in [0.4, 0.5) is 11.4 Å². The number of rotatable bonds is 5. The number of halogens is 1. The number of hydrogen-bond acceptors (Lipinski definition) is 3. The van der Waals surface area contributed by atoms with Crippen molar-refractivity contribution in [2.45, 2.75) is 13.8 Å². The molecule has 1 rings (SSSR count). The Morgan fingerprint density at radius 2 is 2.06 bits per heavy atom. The molecule has 0 saturated heterocycles. The largest absolute Gasteiger partial charge is 0.397 e. The molecule has 7 heteroatoms. The second-order valence-electron chi connectivity index (χ2n) is 4.08. The van der Waals surface area contributed by atoms with Crippen LogP contribution in [-0.4, -0.2) is 15.0 Å². The van der Waals surface area contributed by atoms with Gasteiger partial charge >= 0.3 is 0 Å². The maximum atomic E-state index is 11.6. The molecule has 0 aliphatic rings.